The number of carboxylic acids is 1. The first kappa shape index (κ1) is 23.4. The van der Waals surface area contributed by atoms with Crippen molar-refractivity contribution in [3.05, 3.63) is 64.7 Å². The third-order valence-electron chi connectivity index (χ3n) is 5.85. The summed E-state index contributed by atoms with van der Waals surface area (Å²) >= 11 is 7.81. The Kier molecular flexibility index (Phi) is 6.78. The molecule has 1 saturated heterocycles. The number of hydrogen-bond acceptors (Lipinski definition) is 7. The molecule has 4 rings (SSSR count). The lowest BCUT2D eigenvalue weighted by Gasteiger charge is -2.36. The van der Waals surface area contributed by atoms with Crippen LogP contribution in [0.15, 0.2) is 53.6 Å². The van der Waals surface area contributed by atoms with Gasteiger partial charge in [-0.15, -0.1) is 0 Å². The number of anilines is 2. The molecule has 3 aromatic rings. The highest BCUT2D eigenvalue weighted by molar-refractivity contribution is 8.00. The molecule has 1 aliphatic heterocycles. The number of carboxylic acid groups (broad SMARTS) is 1. The molecule has 3 N–H and O–H groups in total. The van der Waals surface area contributed by atoms with E-state index in [4.69, 9.17) is 16.6 Å². The van der Waals surface area contributed by atoms with Crippen LogP contribution in [0.4, 0.5) is 11.6 Å². The zero-order chi connectivity index (χ0) is 23.6. The van der Waals surface area contributed by atoms with Crippen LogP contribution in [0.5, 0.6) is 0 Å². The minimum absolute atomic E-state index is 0.162. The standard InChI is InChI=1S/C24H25ClN4O3S/c1-15-5-3-6-16(2)21(15)22-17(25)9-10-18(26-22)28-33-20-8-4-7-19(27-20)29-13-11-24(32,12-14-29)23(30)31/h3-10,32H,11-14H2,1-2H3,(H,26,28)(H,30,31). The van der Waals surface area contributed by atoms with Gasteiger partial charge in [-0.2, -0.15) is 0 Å². The van der Waals surface area contributed by atoms with Crippen LogP contribution in [-0.4, -0.2) is 44.8 Å². The molecule has 0 aliphatic carbocycles. The molecule has 0 spiro atoms. The van der Waals surface area contributed by atoms with Crippen molar-refractivity contribution in [3.8, 4) is 11.3 Å². The number of aryl methyl sites for hydroxylation is 2. The monoisotopic (exact) mass is 484 g/mol. The van der Waals surface area contributed by atoms with E-state index < -0.39 is 11.6 Å². The predicted octanol–water partition coefficient (Wildman–Crippen LogP) is 4.95. The number of carbonyl (C=O) groups is 1. The van der Waals surface area contributed by atoms with Gasteiger partial charge in [-0.05, 0) is 49.2 Å². The van der Waals surface area contributed by atoms with E-state index in [2.05, 4.69) is 9.71 Å². The molecular formula is C24H25ClN4O3S. The first-order chi connectivity index (χ1) is 15.8. The summed E-state index contributed by atoms with van der Waals surface area (Å²) in [5.74, 6) is 0.243. The second-order valence-electron chi connectivity index (χ2n) is 8.16. The summed E-state index contributed by atoms with van der Waals surface area (Å²) in [6.07, 6.45) is 0.324. The quantitative estimate of drug-likeness (QED) is 0.423. The van der Waals surface area contributed by atoms with Crippen LogP contribution in [0.25, 0.3) is 11.3 Å². The van der Waals surface area contributed by atoms with Gasteiger partial charge < -0.3 is 19.8 Å². The number of halogens is 1. The lowest BCUT2D eigenvalue weighted by atomic mass is 9.92. The molecule has 2 aromatic heterocycles. The molecule has 1 aromatic carbocycles. The Balaban J connectivity index is 1.47. The fraction of sp³-hybridized carbons (Fsp3) is 0.292. The molecule has 33 heavy (non-hydrogen) atoms. The van der Waals surface area contributed by atoms with Gasteiger partial charge in [0.05, 0.1) is 10.7 Å². The Hall–Kier alpha value is -2.81. The third-order valence-corrected chi connectivity index (χ3v) is 6.90. The van der Waals surface area contributed by atoms with Gasteiger partial charge in [-0.1, -0.05) is 35.9 Å². The van der Waals surface area contributed by atoms with Crippen molar-refractivity contribution in [1.82, 2.24) is 9.97 Å². The largest absolute Gasteiger partial charge is 0.479 e. The van der Waals surface area contributed by atoms with E-state index in [0.29, 0.717) is 23.9 Å². The Bertz CT molecular complexity index is 1160. The number of rotatable bonds is 6. The number of benzene rings is 1. The molecule has 0 amide bonds. The molecule has 9 heteroatoms. The molecule has 0 bridgehead atoms. The number of piperidine rings is 1. The summed E-state index contributed by atoms with van der Waals surface area (Å²) in [6.45, 7) is 4.94. The number of nitrogens with one attached hydrogen (secondary N) is 1. The molecular weight excluding hydrogens is 460 g/mol. The van der Waals surface area contributed by atoms with Crippen molar-refractivity contribution in [3.63, 3.8) is 0 Å². The summed E-state index contributed by atoms with van der Waals surface area (Å²) in [6, 6.07) is 15.4. The minimum atomic E-state index is -1.65. The van der Waals surface area contributed by atoms with Crippen LogP contribution >= 0.6 is 23.5 Å². The van der Waals surface area contributed by atoms with Gasteiger partial charge in [0.15, 0.2) is 5.60 Å². The van der Waals surface area contributed by atoms with E-state index in [1.165, 1.54) is 11.9 Å². The summed E-state index contributed by atoms with van der Waals surface area (Å²) in [5, 5.41) is 20.7. The number of hydrogen-bond donors (Lipinski definition) is 3. The topological polar surface area (TPSA) is 98.6 Å². The third kappa shape index (κ3) is 5.08. The highest BCUT2D eigenvalue weighted by Gasteiger charge is 2.39. The van der Waals surface area contributed by atoms with Gasteiger partial charge in [0, 0.05) is 43.4 Å². The number of aromatic nitrogens is 2. The van der Waals surface area contributed by atoms with Crippen molar-refractivity contribution >= 4 is 41.2 Å². The van der Waals surface area contributed by atoms with Crippen LogP contribution in [-0.2, 0) is 4.79 Å². The fourth-order valence-electron chi connectivity index (χ4n) is 3.92. The van der Waals surface area contributed by atoms with Gasteiger partial charge in [0.1, 0.15) is 16.7 Å². The summed E-state index contributed by atoms with van der Waals surface area (Å²) in [4.78, 5) is 22.7. The van der Waals surface area contributed by atoms with Crippen LogP contribution < -0.4 is 9.62 Å². The molecule has 3 heterocycles. The molecule has 7 nitrogen and oxygen atoms in total. The zero-order valence-corrected chi connectivity index (χ0v) is 20.0. The van der Waals surface area contributed by atoms with E-state index >= 15 is 0 Å². The van der Waals surface area contributed by atoms with Crippen LogP contribution in [0, 0.1) is 13.8 Å². The van der Waals surface area contributed by atoms with Gasteiger partial charge in [-0.3, -0.25) is 0 Å². The second kappa shape index (κ2) is 9.59. The zero-order valence-electron chi connectivity index (χ0n) is 18.4. The molecule has 172 valence electrons. The molecule has 1 aliphatic rings. The smallest absolute Gasteiger partial charge is 0.335 e. The average molecular weight is 485 g/mol. The maximum absolute atomic E-state index is 11.3. The SMILES string of the molecule is Cc1cccc(C)c1-c1nc(NSc2cccc(N3CCC(O)(C(=O)O)CC3)n2)ccc1Cl. The lowest BCUT2D eigenvalue weighted by Crippen LogP contribution is -2.49. The fourth-order valence-corrected chi connectivity index (χ4v) is 4.73. The maximum atomic E-state index is 11.3. The average Bonchev–Trinajstić information content (AvgIpc) is 2.80. The molecule has 0 saturated carbocycles. The van der Waals surface area contributed by atoms with E-state index in [9.17, 15) is 15.0 Å². The number of aliphatic carboxylic acids is 1. The van der Waals surface area contributed by atoms with E-state index in [1.807, 2.05) is 67.3 Å². The van der Waals surface area contributed by atoms with E-state index in [1.54, 1.807) is 0 Å². The van der Waals surface area contributed by atoms with Crippen LogP contribution in [0.1, 0.15) is 24.0 Å². The lowest BCUT2D eigenvalue weighted by molar-refractivity contribution is -0.160. The Morgan fingerprint density at radius 2 is 1.73 bits per heavy atom. The van der Waals surface area contributed by atoms with Crippen LogP contribution in [0.2, 0.25) is 5.02 Å². The van der Waals surface area contributed by atoms with Crippen molar-refractivity contribution in [2.75, 3.05) is 22.7 Å². The Labute approximate surface area is 202 Å². The van der Waals surface area contributed by atoms with Gasteiger partial charge in [-0.25, -0.2) is 14.8 Å². The second-order valence-corrected chi connectivity index (χ2v) is 9.39. The Morgan fingerprint density at radius 1 is 1.06 bits per heavy atom. The summed E-state index contributed by atoms with van der Waals surface area (Å²) in [7, 11) is 0. The van der Waals surface area contributed by atoms with Crippen LogP contribution in [0.3, 0.4) is 0 Å². The summed E-state index contributed by atoms with van der Waals surface area (Å²) in [5.41, 5.74) is 2.33. The number of aliphatic hydroxyl groups is 1. The first-order valence-corrected chi connectivity index (χ1v) is 11.8. The Morgan fingerprint density at radius 3 is 2.39 bits per heavy atom. The van der Waals surface area contributed by atoms with Crippen molar-refractivity contribution in [2.24, 2.45) is 0 Å². The highest BCUT2D eigenvalue weighted by atomic mass is 35.5. The van der Waals surface area contributed by atoms with Gasteiger partial charge in [0.2, 0.25) is 0 Å². The van der Waals surface area contributed by atoms with Gasteiger partial charge in [0.25, 0.3) is 0 Å². The normalized spacial score (nSPS) is 15.3. The van der Waals surface area contributed by atoms with Crippen molar-refractivity contribution in [2.45, 2.75) is 37.3 Å². The molecule has 0 unspecified atom stereocenters. The summed E-state index contributed by atoms with van der Waals surface area (Å²) < 4.78 is 3.24. The van der Waals surface area contributed by atoms with E-state index in [-0.39, 0.29) is 12.8 Å². The highest BCUT2D eigenvalue weighted by Crippen LogP contribution is 2.33. The van der Waals surface area contributed by atoms with Gasteiger partial charge >= 0.3 is 5.97 Å². The molecule has 0 atom stereocenters. The van der Waals surface area contributed by atoms with Crippen molar-refractivity contribution < 1.29 is 15.0 Å². The van der Waals surface area contributed by atoms with E-state index in [0.717, 1.165) is 33.2 Å². The predicted molar refractivity (Wildman–Crippen MR) is 132 cm³/mol. The maximum Gasteiger partial charge on any atom is 0.335 e. The first-order valence-electron chi connectivity index (χ1n) is 10.6. The van der Waals surface area contributed by atoms with Crippen molar-refractivity contribution in [1.29, 1.82) is 0 Å². The number of nitrogens with zero attached hydrogens (tertiary/aromatic N) is 3. The minimum Gasteiger partial charge on any atom is -0.479 e. The molecule has 0 radical (unpaired) electrons. The molecule has 1 fully saturated rings. The number of pyridine rings is 2.